The zero-order valence-corrected chi connectivity index (χ0v) is 24.5. The summed E-state index contributed by atoms with van der Waals surface area (Å²) in [5.74, 6) is -5.41. The summed E-state index contributed by atoms with van der Waals surface area (Å²) in [6.07, 6.45) is -7.83. The number of hydrogen-bond donors (Lipinski definition) is 2. The van der Waals surface area contributed by atoms with Crippen molar-refractivity contribution in [1.82, 2.24) is 9.97 Å². The highest BCUT2D eigenvalue weighted by atomic mass is 19.3. The first kappa shape index (κ1) is 34.1. The minimum Gasteiger partial charge on any atom is -0.468 e. The van der Waals surface area contributed by atoms with Crippen molar-refractivity contribution in [3.63, 3.8) is 0 Å². The van der Waals surface area contributed by atoms with Crippen LogP contribution >= 0.6 is 0 Å². The number of pyridine rings is 2. The molecular formula is C32H24F8N4O4. The topological polar surface area (TPSA) is 130 Å². The first-order chi connectivity index (χ1) is 22.7. The summed E-state index contributed by atoms with van der Waals surface area (Å²) in [6.45, 7) is 0. The standard InChI is InChI=1S/2C16H12F4N2O2/c2*17-7-1-2-8(11(18)5-7)10-6-12(15(21)23)22-16-9(10)3-4-13(24-16)14(19)20/h2*1-2,5-6,13-14H,3-4H2,(H2,21,23)/t2*13-/m10/s1. The van der Waals surface area contributed by atoms with E-state index in [1.54, 1.807) is 0 Å². The number of halogens is 8. The minimum absolute atomic E-state index is 0.0108. The van der Waals surface area contributed by atoms with Gasteiger partial charge in [-0.2, -0.15) is 0 Å². The van der Waals surface area contributed by atoms with Gasteiger partial charge in [-0.15, -0.1) is 0 Å². The van der Waals surface area contributed by atoms with Gasteiger partial charge in [0.05, 0.1) is 0 Å². The molecule has 2 amide bonds. The van der Waals surface area contributed by atoms with Crippen LogP contribution in [0.4, 0.5) is 35.1 Å². The molecule has 0 spiro atoms. The molecular weight excluding hydrogens is 656 g/mol. The molecule has 0 saturated heterocycles. The lowest BCUT2D eigenvalue weighted by Crippen LogP contribution is -2.31. The van der Waals surface area contributed by atoms with Crippen molar-refractivity contribution in [1.29, 1.82) is 0 Å². The third-order valence-corrected chi connectivity index (χ3v) is 7.57. The summed E-state index contributed by atoms with van der Waals surface area (Å²) in [7, 11) is 0. The number of primary amides is 2. The molecule has 2 atom stereocenters. The molecule has 16 heteroatoms. The Morgan fingerprint density at radius 2 is 1.00 bits per heavy atom. The van der Waals surface area contributed by atoms with E-state index in [0.29, 0.717) is 23.3 Å². The Morgan fingerprint density at radius 1 is 0.625 bits per heavy atom. The highest BCUT2D eigenvalue weighted by molar-refractivity contribution is 5.93. The van der Waals surface area contributed by atoms with Crippen molar-refractivity contribution in [3.05, 3.63) is 94.3 Å². The quantitative estimate of drug-likeness (QED) is 0.235. The summed E-state index contributed by atoms with van der Waals surface area (Å²) < 4.78 is 116. The molecule has 4 heterocycles. The number of nitrogens with zero attached hydrogens (tertiary/aromatic N) is 2. The number of carbonyl (C=O) groups is 2. The number of benzene rings is 2. The maximum atomic E-state index is 14.1. The highest BCUT2D eigenvalue weighted by Crippen LogP contribution is 2.39. The van der Waals surface area contributed by atoms with Gasteiger partial charge < -0.3 is 20.9 Å². The molecule has 2 aromatic carbocycles. The Morgan fingerprint density at radius 3 is 1.31 bits per heavy atom. The van der Waals surface area contributed by atoms with Crippen molar-refractivity contribution in [2.75, 3.05) is 0 Å². The molecule has 0 saturated carbocycles. The second kappa shape index (κ2) is 13.8. The van der Waals surface area contributed by atoms with E-state index >= 15 is 0 Å². The van der Waals surface area contributed by atoms with Crippen LogP contribution < -0.4 is 20.9 Å². The van der Waals surface area contributed by atoms with Crippen LogP contribution in [-0.4, -0.2) is 46.8 Å². The number of nitrogens with two attached hydrogens (primary N) is 2. The molecule has 2 aliphatic rings. The van der Waals surface area contributed by atoms with Crippen molar-refractivity contribution >= 4 is 11.8 Å². The van der Waals surface area contributed by atoms with E-state index in [9.17, 15) is 44.7 Å². The van der Waals surface area contributed by atoms with Gasteiger partial charge in [0.1, 0.15) is 34.7 Å². The van der Waals surface area contributed by atoms with Gasteiger partial charge in [-0.3, -0.25) is 9.59 Å². The number of alkyl halides is 4. The third-order valence-electron chi connectivity index (χ3n) is 7.57. The van der Waals surface area contributed by atoms with Gasteiger partial charge in [0.2, 0.25) is 11.8 Å². The zero-order chi connectivity index (χ0) is 34.9. The van der Waals surface area contributed by atoms with Gasteiger partial charge in [-0.1, -0.05) is 0 Å². The second-order valence-corrected chi connectivity index (χ2v) is 10.7. The molecule has 0 fully saturated rings. The minimum atomic E-state index is -2.72. The lowest BCUT2D eigenvalue weighted by Gasteiger charge is -2.26. The normalized spacial score (nSPS) is 16.6. The number of fused-ring (bicyclic) bond motifs is 2. The van der Waals surface area contributed by atoms with E-state index in [-0.39, 0.29) is 71.1 Å². The Bertz CT molecular complexity index is 1760. The van der Waals surface area contributed by atoms with E-state index in [1.165, 1.54) is 24.3 Å². The van der Waals surface area contributed by atoms with Crippen molar-refractivity contribution in [2.24, 2.45) is 11.5 Å². The molecule has 0 unspecified atom stereocenters. The van der Waals surface area contributed by atoms with Gasteiger partial charge in [0.25, 0.3) is 24.7 Å². The summed E-state index contributed by atoms with van der Waals surface area (Å²) >= 11 is 0. The third kappa shape index (κ3) is 7.16. The summed E-state index contributed by atoms with van der Waals surface area (Å²) in [4.78, 5) is 30.6. The molecule has 252 valence electrons. The molecule has 8 nitrogen and oxygen atoms in total. The first-order valence-corrected chi connectivity index (χ1v) is 14.2. The Kier molecular flexibility index (Phi) is 9.82. The summed E-state index contributed by atoms with van der Waals surface area (Å²) in [6, 6.07) is 8.40. The first-order valence-electron chi connectivity index (χ1n) is 14.2. The maximum absolute atomic E-state index is 14.1. The monoisotopic (exact) mass is 680 g/mol. The molecule has 4 N–H and O–H groups in total. The molecule has 2 aliphatic heterocycles. The van der Waals surface area contributed by atoms with Gasteiger partial charge >= 0.3 is 0 Å². The Hall–Kier alpha value is -5.28. The number of rotatable bonds is 6. The lowest BCUT2D eigenvalue weighted by atomic mass is 9.94. The van der Waals surface area contributed by atoms with Crippen LogP contribution in [0, 0.1) is 23.3 Å². The number of carbonyl (C=O) groups excluding carboxylic acids is 2. The van der Waals surface area contributed by atoms with Gasteiger partial charge in [0.15, 0.2) is 12.2 Å². The van der Waals surface area contributed by atoms with Crippen LogP contribution in [0.1, 0.15) is 44.9 Å². The van der Waals surface area contributed by atoms with Crippen LogP contribution in [-0.2, 0) is 12.8 Å². The lowest BCUT2D eigenvalue weighted by molar-refractivity contribution is -0.00221. The number of amides is 2. The largest absolute Gasteiger partial charge is 0.468 e. The Balaban J connectivity index is 0.000000188. The van der Waals surface area contributed by atoms with Crippen LogP contribution in [0.15, 0.2) is 48.5 Å². The molecule has 0 aliphatic carbocycles. The fourth-order valence-corrected chi connectivity index (χ4v) is 5.26. The van der Waals surface area contributed by atoms with E-state index < -0.39 is 60.1 Å². The van der Waals surface area contributed by atoms with E-state index in [2.05, 4.69) is 9.97 Å². The predicted molar refractivity (Wildman–Crippen MR) is 154 cm³/mol. The number of aromatic nitrogens is 2. The van der Waals surface area contributed by atoms with E-state index in [4.69, 9.17) is 20.9 Å². The average Bonchev–Trinajstić information content (AvgIpc) is 3.03. The smallest absolute Gasteiger partial charge is 0.274 e. The maximum Gasteiger partial charge on any atom is 0.274 e. The van der Waals surface area contributed by atoms with Crippen LogP contribution in [0.2, 0.25) is 0 Å². The molecule has 4 aromatic rings. The molecule has 0 radical (unpaired) electrons. The summed E-state index contributed by atoms with van der Waals surface area (Å²) in [5, 5.41) is 0. The van der Waals surface area contributed by atoms with Crippen molar-refractivity contribution in [2.45, 2.75) is 50.7 Å². The highest BCUT2D eigenvalue weighted by Gasteiger charge is 2.33. The SMILES string of the molecule is NC(=O)c1cc(-c2ccc(F)cc2F)c2c(n1)O[C@@H](C(F)F)CC2.NC(=O)c1cc(-c2ccc(F)cc2F)c2c(n1)O[C@H](C(F)F)CC2. The molecule has 48 heavy (non-hydrogen) atoms. The zero-order valence-electron chi connectivity index (χ0n) is 24.5. The Labute approximate surface area is 266 Å². The van der Waals surface area contributed by atoms with Crippen LogP contribution in [0.25, 0.3) is 22.3 Å². The van der Waals surface area contributed by atoms with E-state index in [1.807, 2.05) is 0 Å². The predicted octanol–water partition coefficient (Wildman–Crippen LogP) is 6.17. The van der Waals surface area contributed by atoms with Crippen LogP contribution in [0.3, 0.4) is 0 Å². The van der Waals surface area contributed by atoms with Crippen molar-refractivity contribution in [3.8, 4) is 34.0 Å². The number of ether oxygens (including phenoxy) is 2. The second-order valence-electron chi connectivity index (χ2n) is 10.7. The van der Waals surface area contributed by atoms with E-state index in [0.717, 1.165) is 12.1 Å². The van der Waals surface area contributed by atoms with Gasteiger partial charge in [-0.05, 0) is 73.2 Å². The fraction of sp³-hybridized carbons (Fsp3) is 0.250. The van der Waals surface area contributed by atoms with Gasteiger partial charge in [0, 0.05) is 34.4 Å². The average molecular weight is 681 g/mol. The number of hydrogen-bond acceptors (Lipinski definition) is 6. The van der Waals surface area contributed by atoms with Crippen molar-refractivity contribution < 1.29 is 54.2 Å². The molecule has 2 aromatic heterocycles. The fourth-order valence-electron chi connectivity index (χ4n) is 5.26. The molecule has 0 bridgehead atoms. The summed E-state index contributed by atoms with van der Waals surface area (Å²) in [5.41, 5.74) is 11.1. The molecule has 6 rings (SSSR count). The van der Waals surface area contributed by atoms with Crippen LogP contribution in [0.5, 0.6) is 11.8 Å². The van der Waals surface area contributed by atoms with Gasteiger partial charge in [-0.25, -0.2) is 45.1 Å².